The van der Waals surface area contributed by atoms with E-state index in [0.29, 0.717) is 12.7 Å². The molecule has 180 valence electrons. The van der Waals surface area contributed by atoms with Crippen LogP contribution >= 0.6 is 0 Å². The molecule has 34 heavy (non-hydrogen) atoms. The van der Waals surface area contributed by atoms with E-state index in [1.165, 1.54) is 10.4 Å². The van der Waals surface area contributed by atoms with E-state index in [1.807, 2.05) is 12.1 Å². The number of rotatable bonds is 8. The van der Waals surface area contributed by atoms with Crippen LogP contribution in [0.25, 0.3) is 0 Å². The van der Waals surface area contributed by atoms with Crippen LogP contribution in [0.2, 0.25) is 5.04 Å². The Balaban J connectivity index is 1.44. The minimum atomic E-state index is -2.58. The maximum absolute atomic E-state index is 13.8. The van der Waals surface area contributed by atoms with Gasteiger partial charge in [-0.3, -0.25) is 0 Å². The first-order valence-electron chi connectivity index (χ1n) is 11.7. The molecule has 3 aromatic rings. The van der Waals surface area contributed by atoms with Gasteiger partial charge < -0.3 is 9.16 Å². The second kappa shape index (κ2) is 10.1. The second-order valence-corrected chi connectivity index (χ2v) is 14.4. The summed E-state index contributed by atoms with van der Waals surface area (Å²) in [5.74, 6) is -2.76. The standard InChI is InChI=1S/C28H31F3O2Si/c1-28(2,3)34(23-10-6-4-7-11-23,24-12-8-5-9-13-24)33-22-14-20(15-22)18-32-19-21-16-26(30)27(31)17-25(21)29/h4-13,16-17,20,22H,14-15,18-19H2,1-3H3. The molecule has 1 aliphatic carbocycles. The quantitative estimate of drug-likeness (QED) is 0.289. The molecule has 1 fully saturated rings. The molecule has 6 heteroatoms. The average Bonchev–Trinajstić information content (AvgIpc) is 2.78. The number of hydrogen-bond donors (Lipinski definition) is 0. The third kappa shape index (κ3) is 4.99. The Morgan fingerprint density at radius 1 is 0.794 bits per heavy atom. The van der Waals surface area contributed by atoms with Gasteiger partial charge in [-0.15, -0.1) is 0 Å². The van der Waals surface area contributed by atoms with Gasteiger partial charge in [-0.25, -0.2) is 13.2 Å². The fourth-order valence-corrected chi connectivity index (χ4v) is 9.57. The molecule has 0 aromatic heterocycles. The minimum absolute atomic E-state index is 0.0262. The Hall–Kier alpha value is -2.41. The van der Waals surface area contributed by atoms with Gasteiger partial charge >= 0.3 is 0 Å². The zero-order chi connectivity index (χ0) is 24.3. The summed E-state index contributed by atoms with van der Waals surface area (Å²) in [4.78, 5) is 0. The molecule has 3 aromatic carbocycles. The summed E-state index contributed by atoms with van der Waals surface area (Å²) in [5.41, 5.74) is 0.0262. The molecule has 0 bridgehead atoms. The lowest BCUT2D eigenvalue weighted by Gasteiger charge is -2.48. The molecule has 2 nitrogen and oxygen atoms in total. The van der Waals surface area contributed by atoms with Gasteiger partial charge in [0.05, 0.1) is 13.2 Å². The van der Waals surface area contributed by atoms with E-state index in [9.17, 15) is 13.2 Å². The van der Waals surface area contributed by atoms with Crippen LogP contribution in [0.1, 0.15) is 39.2 Å². The van der Waals surface area contributed by atoms with Crippen LogP contribution in [0.5, 0.6) is 0 Å². The number of hydrogen-bond acceptors (Lipinski definition) is 2. The van der Waals surface area contributed by atoms with Crippen LogP contribution in [-0.2, 0) is 15.8 Å². The third-order valence-electron chi connectivity index (χ3n) is 6.65. The number of halogens is 3. The number of ether oxygens (including phenoxy) is 1. The highest BCUT2D eigenvalue weighted by atomic mass is 28.4. The fourth-order valence-electron chi connectivity index (χ4n) is 4.86. The average molecular weight is 485 g/mol. The zero-order valence-corrected chi connectivity index (χ0v) is 20.9. The van der Waals surface area contributed by atoms with Gasteiger partial charge in [0.15, 0.2) is 11.6 Å². The summed E-state index contributed by atoms with van der Waals surface area (Å²) >= 11 is 0. The van der Waals surface area contributed by atoms with E-state index < -0.39 is 25.8 Å². The fraction of sp³-hybridized carbons (Fsp3) is 0.357. The Bertz CT molecular complexity index is 1050. The molecule has 0 spiro atoms. The van der Waals surface area contributed by atoms with Gasteiger partial charge in [-0.05, 0) is 40.2 Å². The molecular weight excluding hydrogens is 453 g/mol. The molecule has 0 N–H and O–H groups in total. The van der Waals surface area contributed by atoms with Crippen molar-refractivity contribution in [3.8, 4) is 0 Å². The van der Waals surface area contributed by atoms with Gasteiger partial charge in [0, 0.05) is 17.7 Å². The lowest BCUT2D eigenvalue weighted by Crippen LogP contribution is -2.68. The van der Waals surface area contributed by atoms with Crippen molar-refractivity contribution in [2.24, 2.45) is 5.92 Å². The van der Waals surface area contributed by atoms with Crippen molar-refractivity contribution in [3.05, 3.63) is 95.8 Å². The molecule has 0 saturated heterocycles. The number of benzene rings is 3. The summed E-state index contributed by atoms with van der Waals surface area (Å²) in [6, 6.07) is 22.5. The summed E-state index contributed by atoms with van der Waals surface area (Å²) < 4.78 is 53.1. The van der Waals surface area contributed by atoms with E-state index in [2.05, 4.69) is 69.3 Å². The van der Waals surface area contributed by atoms with Gasteiger partial charge in [0.1, 0.15) is 5.82 Å². The highest BCUT2D eigenvalue weighted by Crippen LogP contribution is 2.41. The third-order valence-corrected chi connectivity index (χ3v) is 11.7. The van der Waals surface area contributed by atoms with Gasteiger partial charge in [-0.2, -0.15) is 0 Å². The summed E-state index contributed by atoms with van der Waals surface area (Å²) in [6.45, 7) is 7.12. The van der Waals surface area contributed by atoms with Crippen molar-refractivity contribution in [1.82, 2.24) is 0 Å². The van der Waals surface area contributed by atoms with Crippen molar-refractivity contribution in [2.45, 2.75) is 51.4 Å². The van der Waals surface area contributed by atoms with E-state index in [1.54, 1.807) is 0 Å². The van der Waals surface area contributed by atoms with E-state index in [0.717, 1.165) is 18.9 Å². The molecule has 4 rings (SSSR count). The van der Waals surface area contributed by atoms with E-state index >= 15 is 0 Å². The topological polar surface area (TPSA) is 18.5 Å². The summed E-state index contributed by atoms with van der Waals surface area (Å²) in [7, 11) is -2.58. The molecule has 0 aliphatic heterocycles. The highest BCUT2D eigenvalue weighted by molar-refractivity contribution is 6.99. The van der Waals surface area contributed by atoms with Gasteiger partial charge in [0.25, 0.3) is 8.32 Å². The molecule has 0 unspecified atom stereocenters. The first-order valence-corrected chi connectivity index (χ1v) is 13.6. The molecule has 0 atom stereocenters. The second-order valence-electron chi connectivity index (χ2n) is 10.1. The highest BCUT2D eigenvalue weighted by Gasteiger charge is 2.52. The molecular formula is C28H31F3O2Si. The van der Waals surface area contributed by atoms with Crippen LogP contribution in [0.3, 0.4) is 0 Å². The van der Waals surface area contributed by atoms with E-state index in [4.69, 9.17) is 9.16 Å². The molecule has 0 radical (unpaired) electrons. The van der Waals surface area contributed by atoms with Crippen LogP contribution in [0, 0.1) is 23.4 Å². The van der Waals surface area contributed by atoms with Crippen molar-refractivity contribution in [2.75, 3.05) is 6.61 Å². The Kier molecular flexibility index (Phi) is 7.31. The van der Waals surface area contributed by atoms with Crippen LogP contribution in [-0.4, -0.2) is 21.0 Å². The van der Waals surface area contributed by atoms with Crippen LogP contribution in [0.15, 0.2) is 72.8 Å². The Morgan fingerprint density at radius 3 is 1.85 bits per heavy atom. The monoisotopic (exact) mass is 484 g/mol. The Morgan fingerprint density at radius 2 is 1.32 bits per heavy atom. The van der Waals surface area contributed by atoms with Crippen molar-refractivity contribution < 1.29 is 22.3 Å². The first-order chi connectivity index (χ1) is 16.2. The van der Waals surface area contributed by atoms with E-state index in [-0.39, 0.29) is 29.2 Å². The van der Waals surface area contributed by atoms with Crippen molar-refractivity contribution >= 4 is 18.7 Å². The molecule has 0 heterocycles. The summed E-state index contributed by atoms with van der Waals surface area (Å²) in [5, 5.41) is 2.42. The SMILES string of the molecule is CC(C)(C)[Si](OC1CC(COCc2cc(F)c(F)cc2F)C1)(c1ccccc1)c1ccccc1. The predicted molar refractivity (Wildman–Crippen MR) is 131 cm³/mol. The predicted octanol–water partition coefficient (Wildman–Crippen LogP) is 5.98. The van der Waals surface area contributed by atoms with Gasteiger partial charge in [0.2, 0.25) is 0 Å². The summed E-state index contributed by atoms with van der Waals surface area (Å²) in [6.07, 6.45) is 1.81. The zero-order valence-electron chi connectivity index (χ0n) is 19.9. The largest absolute Gasteiger partial charge is 0.404 e. The minimum Gasteiger partial charge on any atom is -0.404 e. The lowest BCUT2D eigenvalue weighted by atomic mass is 9.83. The van der Waals surface area contributed by atoms with Crippen molar-refractivity contribution in [3.63, 3.8) is 0 Å². The molecule has 1 aliphatic rings. The molecule has 0 amide bonds. The maximum atomic E-state index is 13.8. The first kappa shape index (κ1) is 24.7. The Labute approximate surface area is 200 Å². The smallest absolute Gasteiger partial charge is 0.261 e. The lowest BCUT2D eigenvalue weighted by molar-refractivity contribution is -0.00736. The van der Waals surface area contributed by atoms with Gasteiger partial charge in [-0.1, -0.05) is 81.4 Å². The van der Waals surface area contributed by atoms with Crippen molar-refractivity contribution in [1.29, 1.82) is 0 Å². The molecule has 1 saturated carbocycles. The van der Waals surface area contributed by atoms with Crippen LogP contribution < -0.4 is 10.4 Å². The van der Waals surface area contributed by atoms with Crippen LogP contribution in [0.4, 0.5) is 13.2 Å². The maximum Gasteiger partial charge on any atom is 0.261 e. The normalized spacial score (nSPS) is 18.5.